The summed E-state index contributed by atoms with van der Waals surface area (Å²) in [5.41, 5.74) is 0.719. The number of benzene rings is 2. The van der Waals surface area contributed by atoms with Crippen LogP contribution >= 0.6 is 0 Å². The van der Waals surface area contributed by atoms with Crippen molar-refractivity contribution in [3.63, 3.8) is 0 Å². The minimum atomic E-state index is -0.772. The van der Waals surface area contributed by atoms with Gasteiger partial charge in [-0.15, -0.1) is 5.06 Å². The van der Waals surface area contributed by atoms with Gasteiger partial charge in [-0.25, -0.2) is 24.6 Å². The Hall–Kier alpha value is -4.59. The smallest absolute Gasteiger partial charge is 0.327 e. The highest BCUT2D eigenvalue weighted by molar-refractivity contribution is 6.23. The van der Waals surface area contributed by atoms with Crippen LogP contribution in [0.3, 0.4) is 0 Å². The lowest BCUT2D eigenvalue weighted by molar-refractivity contribution is 0.0990. The van der Waals surface area contributed by atoms with Gasteiger partial charge >= 0.3 is 12.0 Å². The van der Waals surface area contributed by atoms with Gasteiger partial charge in [-0.3, -0.25) is 4.79 Å². The molecule has 2 aromatic carbocycles. The molecule has 152 valence electrons. The number of hydroxylamine groups is 1. The number of carbonyl (C=O) groups is 2. The predicted octanol–water partition coefficient (Wildman–Crippen LogP) is 4.14. The van der Waals surface area contributed by atoms with E-state index in [0.29, 0.717) is 11.3 Å². The topological polar surface area (TPSA) is 88.5 Å². The molecule has 0 saturated carbocycles. The van der Waals surface area contributed by atoms with Crippen molar-refractivity contribution in [3.05, 3.63) is 109 Å². The third-order valence-corrected chi connectivity index (χ3v) is 4.18. The number of aromatic nitrogens is 3. The minimum Gasteiger partial charge on any atom is -0.327 e. The van der Waals surface area contributed by atoms with Gasteiger partial charge in [-0.1, -0.05) is 42.5 Å². The lowest BCUT2D eigenvalue weighted by atomic mass is 10.2. The molecule has 0 radical (unpaired) electrons. The number of para-hydroxylation sites is 1. The van der Waals surface area contributed by atoms with Crippen molar-refractivity contribution in [1.82, 2.24) is 15.0 Å². The summed E-state index contributed by atoms with van der Waals surface area (Å²) in [7, 11) is 0. The third-order valence-electron chi connectivity index (χ3n) is 4.18. The van der Waals surface area contributed by atoms with Crippen LogP contribution in [0.1, 0.15) is 10.4 Å². The lowest BCUT2D eigenvalue weighted by Crippen LogP contribution is -2.49. The highest BCUT2D eigenvalue weighted by atomic mass is 16.7. The highest BCUT2D eigenvalue weighted by Gasteiger charge is 2.32. The average Bonchev–Trinajstić information content (AvgIpc) is 2.85. The number of urea groups is 1. The summed E-state index contributed by atoms with van der Waals surface area (Å²) < 4.78 is 0. The Kier molecular flexibility index (Phi) is 5.90. The number of nitrogens with zero attached hydrogens (tertiary/aromatic N) is 5. The van der Waals surface area contributed by atoms with Gasteiger partial charge in [-0.2, -0.15) is 0 Å². The largest absolute Gasteiger partial charge is 0.371 e. The first kappa shape index (κ1) is 19.7. The molecular formula is C23H17N5O3. The Morgan fingerprint density at radius 1 is 0.677 bits per heavy atom. The van der Waals surface area contributed by atoms with Crippen molar-refractivity contribution in [2.24, 2.45) is 0 Å². The molecule has 0 spiro atoms. The second-order valence-corrected chi connectivity index (χ2v) is 6.23. The number of hydrogen-bond acceptors (Lipinski definition) is 6. The summed E-state index contributed by atoms with van der Waals surface area (Å²) in [4.78, 5) is 45.9. The number of carbonyl (C=O) groups excluding carboxylic acids is 2. The van der Waals surface area contributed by atoms with E-state index in [4.69, 9.17) is 4.84 Å². The molecular weight excluding hydrogens is 394 g/mol. The summed E-state index contributed by atoms with van der Waals surface area (Å²) in [5.74, 6) is -0.350. The molecule has 2 aromatic heterocycles. The Labute approximate surface area is 178 Å². The van der Waals surface area contributed by atoms with Crippen LogP contribution in [0.2, 0.25) is 0 Å². The number of anilines is 2. The van der Waals surface area contributed by atoms with Crippen LogP contribution in [0, 0.1) is 0 Å². The van der Waals surface area contributed by atoms with Crippen molar-refractivity contribution in [2.45, 2.75) is 0 Å². The molecule has 0 saturated heterocycles. The minimum absolute atomic E-state index is 0.0679. The van der Waals surface area contributed by atoms with Gasteiger partial charge < -0.3 is 4.84 Å². The maximum absolute atomic E-state index is 13.7. The number of amides is 3. The molecule has 8 heteroatoms. The van der Waals surface area contributed by atoms with Crippen molar-refractivity contribution in [2.75, 3.05) is 9.96 Å². The van der Waals surface area contributed by atoms with E-state index in [0.717, 1.165) is 9.96 Å². The summed E-state index contributed by atoms with van der Waals surface area (Å²) in [6.07, 6.45) is 4.47. The highest BCUT2D eigenvalue weighted by Crippen LogP contribution is 2.22. The summed E-state index contributed by atoms with van der Waals surface area (Å²) in [6.45, 7) is 0. The van der Waals surface area contributed by atoms with E-state index < -0.39 is 11.9 Å². The first-order valence-corrected chi connectivity index (χ1v) is 9.39. The van der Waals surface area contributed by atoms with Crippen LogP contribution in [-0.4, -0.2) is 26.9 Å². The zero-order valence-electron chi connectivity index (χ0n) is 16.3. The molecule has 8 nitrogen and oxygen atoms in total. The first-order valence-electron chi connectivity index (χ1n) is 9.39. The van der Waals surface area contributed by atoms with E-state index >= 15 is 0 Å². The van der Waals surface area contributed by atoms with Crippen LogP contribution in [0.15, 0.2) is 104 Å². The van der Waals surface area contributed by atoms with Crippen LogP contribution in [0.5, 0.6) is 6.01 Å². The molecule has 0 N–H and O–H groups in total. The van der Waals surface area contributed by atoms with E-state index in [1.54, 1.807) is 84.9 Å². The third kappa shape index (κ3) is 4.54. The monoisotopic (exact) mass is 411 g/mol. The quantitative estimate of drug-likeness (QED) is 0.459. The average molecular weight is 411 g/mol. The van der Waals surface area contributed by atoms with Gasteiger partial charge in [0, 0.05) is 24.2 Å². The summed E-state index contributed by atoms with van der Waals surface area (Å²) in [5, 5.41) is 0.892. The standard InChI is InChI=1S/C23H17N5O3/c29-21(18-10-3-1-4-11-18)27(19-12-5-2-6-13-19)23(30)28(20-14-7-8-15-24-20)31-22-25-16-9-17-26-22/h1-17H. The van der Waals surface area contributed by atoms with Gasteiger partial charge in [0.25, 0.3) is 5.91 Å². The van der Waals surface area contributed by atoms with Gasteiger partial charge in [0.1, 0.15) is 0 Å². The van der Waals surface area contributed by atoms with Crippen molar-refractivity contribution < 1.29 is 14.4 Å². The van der Waals surface area contributed by atoms with Crippen LogP contribution < -0.4 is 14.8 Å². The number of hydrogen-bond donors (Lipinski definition) is 0. The zero-order chi connectivity index (χ0) is 21.5. The van der Waals surface area contributed by atoms with E-state index in [2.05, 4.69) is 15.0 Å². The molecule has 2 heterocycles. The Morgan fingerprint density at radius 3 is 1.94 bits per heavy atom. The van der Waals surface area contributed by atoms with E-state index in [1.807, 2.05) is 0 Å². The normalized spacial score (nSPS) is 10.2. The van der Waals surface area contributed by atoms with Gasteiger partial charge in [0.05, 0.1) is 5.69 Å². The summed E-state index contributed by atoms with van der Waals surface area (Å²) >= 11 is 0. The van der Waals surface area contributed by atoms with Crippen LogP contribution in [-0.2, 0) is 0 Å². The maximum Gasteiger partial charge on any atom is 0.371 e. The van der Waals surface area contributed by atoms with Crippen LogP contribution in [0.25, 0.3) is 0 Å². The molecule has 0 fully saturated rings. The number of rotatable bonds is 5. The fourth-order valence-electron chi connectivity index (χ4n) is 2.76. The predicted molar refractivity (Wildman–Crippen MR) is 114 cm³/mol. The lowest BCUT2D eigenvalue weighted by Gasteiger charge is -2.27. The second-order valence-electron chi connectivity index (χ2n) is 6.23. The van der Waals surface area contributed by atoms with Gasteiger partial charge in [-0.05, 0) is 42.5 Å². The number of imide groups is 1. The molecule has 4 rings (SSSR count). The zero-order valence-corrected chi connectivity index (χ0v) is 16.3. The van der Waals surface area contributed by atoms with Gasteiger partial charge in [0.15, 0.2) is 5.82 Å². The van der Waals surface area contributed by atoms with E-state index in [-0.39, 0.29) is 11.8 Å². The molecule has 3 amide bonds. The second kappa shape index (κ2) is 9.27. The molecule has 0 aliphatic heterocycles. The Balaban J connectivity index is 1.77. The van der Waals surface area contributed by atoms with E-state index in [9.17, 15) is 9.59 Å². The molecule has 0 bridgehead atoms. The molecule has 0 aliphatic carbocycles. The fraction of sp³-hybridized carbons (Fsp3) is 0. The van der Waals surface area contributed by atoms with Crippen molar-refractivity contribution in [3.8, 4) is 6.01 Å². The Morgan fingerprint density at radius 2 is 1.29 bits per heavy atom. The molecule has 0 atom stereocenters. The van der Waals surface area contributed by atoms with Crippen LogP contribution in [0.4, 0.5) is 16.3 Å². The maximum atomic E-state index is 13.7. The molecule has 0 aliphatic rings. The summed E-state index contributed by atoms with van der Waals surface area (Å²) in [6, 6.07) is 22.9. The van der Waals surface area contributed by atoms with E-state index in [1.165, 1.54) is 18.6 Å². The SMILES string of the molecule is O=C(c1ccccc1)N(C(=O)N(Oc1ncccn1)c1ccccn1)c1ccccc1. The molecule has 4 aromatic rings. The Bertz CT molecular complexity index is 1140. The molecule has 0 unspecified atom stereocenters. The fourth-order valence-corrected chi connectivity index (χ4v) is 2.76. The molecule has 31 heavy (non-hydrogen) atoms. The van der Waals surface area contributed by atoms with Crippen molar-refractivity contribution in [1.29, 1.82) is 0 Å². The number of pyridine rings is 1. The first-order chi connectivity index (χ1) is 15.2. The van der Waals surface area contributed by atoms with Crippen molar-refractivity contribution >= 4 is 23.4 Å². The van der Waals surface area contributed by atoms with Gasteiger partial charge in [0.2, 0.25) is 0 Å².